The molecule has 5 heterocycles. The molecule has 1 aromatic carbocycles. The van der Waals surface area contributed by atoms with Gasteiger partial charge in [-0.25, -0.2) is 4.98 Å². The zero-order valence-electron chi connectivity index (χ0n) is 20.0. The number of benzene rings is 1. The highest BCUT2D eigenvalue weighted by Crippen LogP contribution is 2.37. The Bertz CT molecular complexity index is 1330. The Morgan fingerprint density at radius 3 is 2.64 bits per heavy atom. The van der Waals surface area contributed by atoms with E-state index in [-0.39, 0.29) is 24.2 Å². The zero-order valence-corrected chi connectivity index (χ0v) is 20.0. The smallest absolute Gasteiger partial charge is 0.311 e. The fourth-order valence-electron chi connectivity index (χ4n) is 5.30. The van der Waals surface area contributed by atoms with Crippen molar-refractivity contribution in [2.24, 2.45) is 11.8 Å². The first-order chi connectivity index (χ1) is 17.6. The van der Waals surface area contributed by atoms with E-state index in [0.29, 0.717) is 34.6 Å². The van der Waals surface area contributed by atoms with E-state index in [4.69, 9.17) is 13.9 Å². The van der Waals surface area contributed by atoms with E-state index < -0.39 is 5.91 Å². The van der Waals surface area contributed by atoms with Crippen LogP contribution in [0, 0.1) is 11.8 Å². The number of fused-ring (bicyclic) bond motifs is 2. The minimum atomic E-state index is -0.510. The molecule has 11 nitrogen and oxygen atoms in total. The first-order valence-electron chi connectivity index (χ1n) is 11.8. The lowest BCUT2D eigenvalue weighted by atomic mass is 10.0. The maximum absolute atomic E-state index is 13.0. The molecule has 36 heavy (non-hydrogen) atoms. The van der Waals surface area contributed by atoms with Gasteiger partial charge in [-0.05, 0) is 35.6 Å². The largest absolute Gasteiger partial charge is 0.493 e. The normalized spacial score (nSPS) is 20.4. The van der Waals surface area contributed by atoms with Crippen molar-refractivity contribution in [1.82, 2.24) is 15.3 Å². The van der Waals surface area contributed by atoms with Crippen molar-refractivity contribution < 1.29 is 23.5 Å². The van der Waals surface area contributed by atoms with Gasteiger partial charge in [-0.3, -0.25) is 19.5 Å². The molecule has 11 heteroatoms. The molecule has 2 N–H and O–H groups in total. The number of rotatable bonds is 6. The number of amides is 2. The number of oxazole rings is 1. The molecule has 0 bridgehead atoms. The second-order valence-electron chi connectivity index (χ2n) is 9.19. The molecule has 3 aliphatic heterocycles. The summed E-state index contributed by atoms with van der Waals surface area (Å²) in [5.74, 6) is 1.49. The van der Waals surface area contributed by atoms with Gasteiger partial charge in [0.05, 0.1) is 44.5 Å². The molecule has 3 aliphatic rings. The Hall–Kier alpha value is -4.12. The van der Waals surface area contributed by atoms with Gasteiger partial charge in [0.25, 0.3) is 11.8 Å². The SMILES string of the molecule is COc1cc2c(cc1OC)C(=O)N(c1cnc(C(=O)Nc3cnccc3N3CC4CNCC4C3)o1)C2. The number of hydrogen-bond donors (Lipinski definition) is 2. The van der Waals surface area contributed by atoms with E-state index in [2.05, 4.69) is 25.5 Å². The van der Waals surface area contributed by atoms with E-state index in [1.54, 1.807) is 31.6 Å². The maximum Gasteiger partial charge on any atom is 0.311 e. The van der Waals surface area contributed by atoms with E-state index in [1.165, 1.54) is 18.2 Å². The second-order valence-corrected chi connectivity index (χ2v) is 9.19. The molecule has 2 amide bonds. The highest BCUT2D eigenvalue weighted by atomic mass is 16.5. The standard InChI is InChI=1S/C25H26N6O5/c1-34-20-5-14-13-31(25(33)17(14)6-21(20)35-2)22-10-28-24(36-22)23(32)29-18-9-26-4-3-19(18)30-11-15-7-27-8-16(15)12-30/h3-6,9-10,15-16,27H,7-8,11-13H2,1-2H3,(H,29,32). The number of pyridine rings is 1. The number of carbonyl (C=O) groups excluding carboxylic acids is 2. The highest BCUT2D eigenvalue weighted by Gasteiger charge is 2.37. The van der Waals surface area contributed by atoms with Crippen LogP contribution in [0.25, 0.3) is 0 Å². The van der Waals surface area contributed by atoms with Gasteiger partial charge in [-0.1, -0.05) is 0 Å². The van der Waals surface area contributed by atoms with Crippen LogP contribution in [0.3, 0.4) is 0 Å². The van der Waals surface area contributed by atoms with Crippen LogP contribution in [0.2, 0.25) is 0 Å². The number of hydrogen-bond acceptors (Lipinski definition) is 9. The predicted octanol–water partition coefficient (Wildman–Crippen LogP) is 2.16. The quantitative estimate of drug-likeness (QED) is 0.535. The van der Waals surface area contributed by atoms with Crippen molar-refractivity contribution in [3.63, 3.8) is 0 Å². The average molecular weight is 491 g/mol. The summed E-state index contributed by atoms with van der Waals surface area (Å²) in [6.45, 7) is 4.17. The van der Waals surface area contributed by atoms with Gasteiger partial charge in [0, 0.05) is 37.9 Å². The Kier molecular flexibility index (Phi) is 5.48. The lowest BCUT2D eigenvalue weighted by Gasteiger charge is -2.22. The van der Waals surface area contributed by atoms with Crippen LogP contribution < -0.4 is 29.9 Å². The lowest BCUT2D eigenvalue weighted by Crippen LogP contribution is -2.26. The van der Waals surface area contributed by atoms with Crippen molar-refractivity contribution in [2.45, 2.75) is 6.54 Å². The van der Waals surface area contributed by atoms with Gasteiger partial charge < -0.3 is 29.4 Å². The summed E-state index contributed by atoms with van der Waals surface area (Å²) in [5.41, 5.74) is 2.78. The molecule has 0 spiro atoms. The van der Waals surface area contributed by atoms with Crippen LogP contribution >= 0.6 is 0 Å². The zero-order chi connectivity index (χ0) is 24.8. The third-order valence-corrected chi connectivity index (χ3v) is 7.14. The summed E-state index contributed by atoms with van der Waals surface area (Å²) in [7, 11) is 3.06. The molecular weight excluding hydrogens is 464 g/mol. The molecule has 2 atom stereocenters. The van der Waals surface area contributed by atoms with E-state index in [1.807, 2.05) is 6.07 Å². The fourth-order valence-corrected chi connectivity index (χ4v) is 5.30. The number of carbonyl (C=O) groups is 2. The molecule has 0 radical (unpaired) electrons. The Morgan fingerprint density at radius 2 is 1.89 bits per heavy atom. The van der Waals surface area contributed by atoms with Crippen LogP contribution in [0.5, 0.6) is 11.5 Å². The van der Waals surface area contributed by atoms with Crippen LogP contribution in [0.15, 0.2) is 41.2 Å². The van der Waals surface area contributed by atoms with Gasteiger partial charge in [-0.15, -0.1) is 0 Å². The minimum Gasteiger partial charge on any atom is -0.493 e. The summed E-state index contributed by atoms with van der Waals surface area (Å²) >= 11 is 0. The van der Waals surface area contributed by atoms with E-state index in [0.717, 1.165) is 37.4 Å². The number of aromatic nitrogens is 2. The first kappa shape index (κ1) is 22.4. The summed E-state index contributed by atoms with van der Waals surface area (Å²) in [4.78, 5) is 38.1. The molecule has 6 rings (SSSR count). The molecule has 186 valence electrons. The topological polar surface area (TPSA) is 122 Å². The summed E-state index contributed by atoms with van der Waals surface area (Å²) in [6.07, 6.45) is 4.73. The van der Waals surface area contributed by atoms with Crippen molar-refractivity contribution in [2.75, 3.05) is 55.5 Å². The highest BCUT2D eigenvalue weighted by molar-refractivity contribution is 6.10. The van der Waals surface area contributed by atoms with Gasteiger partial charge in [-0.2, -0.15) is 0 Å². The third-order valence-electron chi connectivity index (χ3n) is 7.14. The van der Waals surface area contributed by atoms with Gasteiger partial charge in [0.2, 0.25) is 5.88 Å². The first-order valence-corrected chi connectivity index (χ1v) is 11.8. The van der Waals surface area contributed by atoms with Gasteiger partial charge in [0.1, 0.15) is 0 Å². The second kappa shape index (κ2) is 8.83. The Labute approximate surface area is 207 Å². The number of anilines is 3. The minimum absolute atomic E-state index is 0.138. The number of nitrogens with zero attached hydrogens (tertiary/aromatic N) is 4. The Morgan fingerprint density at radius 1 is 1.14 bits per heavy atom. The van der Waals surface area contributed by atoms with Crippen LogP contribution in [0.4, 0.5) is 17.3 Å². The number of methoxy groups -OCH3 is 2. The van der Waals surface area contributed by atoms with Crippen molar-refractivity contribution >= 4 is 29.1 Å². The van der Waals surface area contributed by atoms with E-state index in [9.17, 15) is 9.59 Å². The van der Waals surface area contributed by atoms with Crippen LogP contribution in [-0.4, -0.2) is 62.2 Å². The van der Waals surface area contributed by atoms with Gasteiger partial charge in [0.15, 0.2) is 11.5 Å². The molecule has 2 unspecified atom stereocenters. The van der Waals surface area contributed by atoms with E-state index >= 15 is 0 Å². The molecule has 0 saturated carbocycles. The summed E-state index contributed by atoms with van der Waals surface area (Å²) in [6, 6.07) is 5.32. The lowest BCUT2D eigenvalue weighted by molar-refractivity contribution is 0.0972. The maximum atomic E-state index is 13.0. The van der Waals surface area contributed by atoms with Crippen molar-refractivity contribution in [3.05, 3.63) is 53.8 Å². The molecule has 2 aromatic heterocycles. The van der Waals surface area contributed by atoms with Crippen LogP contribution in [-0.2, 0) is 6.54 Å². The number of ether oxygens (including phenoxy) is 2. The van der Waals surface area contributed by atoms with Crippen molar-refractivity contribution in [3.8, 4) is 11.5 Å². The molecular formula is C25H26N6O5. The third kappa shape index (κ3) is 3.72. The van der Waals surface area contributed by atoms with Crippen molar-refractivity contribution in [1.29, 1.82) is 0 Å². The molecule has 2 saturated heterocycles. The molecule has 2 fully saturated rings. The predicted molar refractivity (Wildman–Crippen MR) is 131 cm³/mol. The molecule has 0 aliphatic carbocycles. The number of nitrogens with one attached hydrogen (secondary N) is 2. The average Bonchev–Trinajstić information content (AvgIpc) is 3.67. The monoisotopic (exact) mass is 490 g/mol. The molecule has 3 aromatic rings. The summed E-state index contributed by atoms with van der Waals surface area (Å²) < 4.78 is 16.4. The fraction of sp³-hybridized carbons (Fsp3) is 0.360. The van der Waals surface area contributed by atoms with Gasteiger partial charge >= 0.3 is 5.91 Å². The Balaban J connectivity index is 1.19. The van der Waals surface area contributed by atoms with Crippen LogP contribution in [0.1, 0.15) is 26.6 Å². The summed E-state index contributed by atoms with van der Waals surface area (Å²) in [5, 5.41) is 6.32.